The molecule has 5 heteroatoms. The maximum Gasteiger partial charge on any atom is 0.119 e. The van der Waals surface area contributed by atoms with Crippen LogP contribution >= 0.6 is 11.3 Å². The summed E-state index contributed by atoms with van der Waals surface area (Å²) in [5.41, 5.74) is 2.99. The lowest BCUT2D eigenvalue weighted by atomic mass is 10.1. The normalized spacial score (nSPS) is 10.5. The van der Waals surface area contributed by atoms with Gasteiger partial charge in [0.05, 0.1) is 37.2 Å². The highest BCUT2D eigenvalue weighted by Crippen LogP contribution is 2.40. The van der Waals surface area contributed by atoms with Crippen molar-refractivity contribution >= 4 is 21.4 Å². The van der Waals surface area contributed by atoms with Crippen LogP contribution in [0.1, 0.15) is 11.3 Å². The zero-order valence-corrected chi connectivity index (χ0v) is 16.1. The molecule has 0 unspecified atom stereocenters. The van der Waals surface area contributed by atoms with E-state index in [1.54, 1.807) is 38.1 Å². The molecular weight excluding hydrogens is 356 g/mol. The lowest BCUT2D eigenvalue weighted by Gasteiger charge is -2.03. The zero-order chi connectivity index (χ0) is 18.8. The van der Waals surface area contributed by atoms with Gasteiger partial charge in [-0.05, 0) is 53.9 Å². The molecule has 4 rings (SSSR count). The number of benzene rings is 2. The van der Waals surface area contributed by atoms with E-state index in [1.807, 2.05) is 35.9 Å². The van der Waals surface area contributed by atoms with Crippen molar-refractivity contribution in [1.29, 1.82) is 0 Å². The molecule has 2 aromatic heterocycles. The van der Waals surface area contributed by atoms with E-state index in [0.29, 0.717) is 0 Å². The second-order valence-electron chi connectivity index (χ2n) is 6.04. The topological polar surface area (TPSA) is 36.3 Å². The first-order valence-corrected chi connectivity index (χ1v) is 9.24. The summed E-state index contributed by atoms with van der Waals surface area (Å²) in [5, 5.41) is 1.10. The van der Waals surface area contributed by atoms with Crippen molar-refractivity contribution in [2.24, 2.45) is 7.05 Å². The molecule has 4 nitrogen and oxygen atoms in total. The number of nitrogens with zero attached hydrogens (tertiary/aromatic N) is 2. The molecular formula is C22H18N2O2S. The van der Waals surface area contributed by atoms with Crippen molar-refractivity contribution in [3.05, 3.63) is 66.2 Å². The molecule has 0 bridgehead atoms. The van der Waals surface area contributed by atoms with Gasteiger partial charge in [-0.2, -0.15) is 0 Å². The van der Waals surface area contributed by atoms with Crippen LogP contribution in [-0.2, 0) is 7.05 Å². The second kappa shape index (κ2) is 7.18. The maximum absolute atomic E-state index is 5.42. The zero-order valence-electron chi connectivity index (χ0n) is 15.3. The molecule has 0 radical (unpaired) electrons. The number of fused-ring (bicyclic) bond motifs is 1. The number of hydrogen-bond acceptors (Lipinski definition) is 4. The third kappa shape index (κ3) is 3.27. The maximum atomic E-state index is 5.42. The first kappa shape index (κ1) is 17.2. The smallest absolute Gasteiger partial charge is 0.119 e. The first-order valence-electron chi connectivity index (χ1n) is 8.43. The van der Waals surface area contributed by atoms with Crippen LogP contribution in [0.4, 0.5) is 0 Å². The van der Waals surface area contributed by atoms with Crippen LogP contribution in [0.3, 0.4) is 0 Å². The number of methoxy groups -OCH3 is 2. The summed E-state index contributed by atoms with van der Waals surface area (Å²) in [6, 6.07) is 14.2. The lowest BCUT2D eigenvalue weighted by Crippen LogP contribution is -1.88. The van der Waals surface area contributed by atoms with Crippen LogP contribution in [0.5, 0.6) is 11.5 Å². The molecule has 0 amide bonds. The van der Waals surface area contributed by atoms with Crippen LogP contribution in [0.15, 0.2) is 55.0 Å². The van der Waals surface area contributed by atoms with Gasteiger partial charge in [-0.1, -0.05) is 5.92 Å². The van der Waals surface area contributed by atoms with E-state index in [-0.39, 0.29) is 0 Å². The van der Waals surface area contributed by atoms with Gasteiger partial charge in [0.15, 0.2) is 0 Å². The molecule has 0 N–H and O–H groups in total. The SMILES string of the molecule is COc1ccc(-c2sc3ccc(OC)cc3c2C#Cc2cncn2C)cc1. The van der Waals surface area contributed by atoms with E-state index in [9.17, 15) is 0 Å². The fourth-order valence-corrected chi connectivity index (χ4v) is 4.02. The molecule has 134 valence electrons. The Morgan fingerprint density at radius 1 is 0.963 bits per heavy atom. The Hall–Kier alpha value is -3.23. The van der Waals surface area contributed by atoms with Gasteiger partial charge in [0.2, 0.25) is 0 Å². The molecule has 2 aromatic carbocycles. The van der Waals surface area contributed by atoms with Gasteiger partial charge in [-0.3, -0.25) is 0 Å². The van der Waals surface area contributed by atoms with Crippen molar-refractivity contribution in [3.63, 3.8) is 0 Å². The standard InChI is InChI=1S/C22H18N2O2S/c1-24-14-23-13-16(24)6-10-19-20-12-18(26-3)9-11-21(20)27-22(19)15-4-7-17(25-2)8-5-15/h4-5,7-9,11-14H,1-3H3. The largest absolute Gasteiger partial charge is 0.497 e. The summed E-state index contributed by atoms with van der Waals surface area (Å²) >= 11 is 1.73. The molecule has 0 spiro atoms. The van der Waals surface area contributed by atoms with Gasteiger partial charge in [0.25, 0.3) is 0 Å². The molecule has 2 heterocycles. The quantitative estimate of drug-likeness (QED) is 0.487. The van der Waals surface area contributed by atoms with Crippen LogP contribution in [0, 0.1) is 11.8 Å². The Labute approximate surface area is 162 Å². The minimum absolute atomic E-state index is 0.824. The summed E-state index contributed by atoms with van der Waals surface area (Å²) < 4.78 is 13.8. The van der Waals surface area contributed by atoms with Gasteiger partial charge in [0.1, 0.15) is 17.2 Å². The van der Waals surface area contributed by atoms with E-state index < -0.39 is 0 Å². The Bertz CT molecular complexity index is 1160. The van der Waals surface area contributed by atoms with Gasteiger partial charge in [-0.15, -0.1) is 11.3 Å². The molecule has 0 aliphatic carbocycles. The Balaban J connectivity index is 1.91. The molecule has 0 fully saturated rings. The van der Waals surface area contributed by atoms with Crippen LogP contribution in [0.2, 0.25) is 0 Å². The Morgan fingerprint density at radius 3 is 2.37 bits per heavy atom. The van der Waals surface area contributed by atoms with Gasteiger partial charge in [-0.25, -0.2) is 4.98 Å². The molecule has 0 atom stereocenters. The number of aryl methyl sites for hydroxylation is 1. The van der Waals surface area contributed by atoms with Gasteiger partial charge < -0.3 is 14.0 Å². The van der Waals surface area contributed by atoms with Crippen molar-refractivity contribution in [1.82, 2.24) is 9.55 Å². The number of aromatic nitrogens is 2. The summed E-state index contributed by atoms with van der Waals surface area (Å²) in [7, 11) is 5.29. The summed E-state index contributed by atoms with van der Waals surface area (Å²) in [6.45, 7) is 0. The molecule has 27 heavy (non-hydrogen) atoms. The van der Waals surface area contributed by atoms with E-state index in [2.05, 4.69) is 35.0 Å². The third-order valence-corrected chi connectivity index (χ3v) is 5.60. The Morgan fingerprint density at radius 2 is 1.70 bits per heavy atom. The number of hydrogen-bond donors (Lipinski definition) is 0. The molecule has 0 aliphatic heterocycles. The van der Waals surface area contributed by atoms with E-state index >= 15 is 0 Å². The minimum atomic E-state index is 0.824. The molecule has 0 saturated heterocycles. The summed E-state index contributed by atoms with van der Waals surface area (Å²) in [6.07, 6.45) is 3.53. The van der Waals surface area contributed by atoms with E-state index in [1.165, 1.54) is 4.70 Å². The minimum Gasteiger partial charge on any atom is -0.497 e. The lowest BCUT2D eigenvalue weighted by molar-refractivity contribution is 0.415. The van der Waals surface area contributed by atoms with E-state index in [0.717, 1.165) is 38.6 Å². The monoisotopic (exact) mass is 374 g/mol. The van der Waals surface area contributed by atoms with Crippen molar-refractivity contribution in [2.45, 2.75) is 0 Å². The van der Waals surface area contributed by atoms with E-state index in [4.69, 9.17) is 9.47 Å². The molecule has 0 aliphatic rings. The predicted molar refractivity (Wildman–Crippen MR) is 110 cm³/mol. The fourth-order valence-electron chi connectivity index (χ4n) is 2.88. The van der Waals surface area contributed by atoms with Crippen molar-refractivity contribution < 1.29 is 9.47 Å². The number of rotatable bonds is 3. The van der Waals surface area contributed by atoms with Crippen molar-refractivity contribution in [3.8, 4) is 33.8 Å². The number of imidazole rings is 1. The van der Waals surface area contributed by atoms with Crippen LogP contribution in [0.25, 0.3) is 20.5 Å². The Kier molecular flexibility index (Phi) is 4.57. The molecule has 0 saturated carbocycles. The highest BCUT2D eigenvalue weighted by Gasteiger charge is 2.14. The number of thiophene rings is 1. The number of ether oxygens (including phenoxy) is 2. The second-order valence-corrected chi connectivity index (χ2v) is 7.09. The van der Waals surface area contributed by atoms with Gasteiger partial charge >= 0.3 is 0 Å². The average Bonchev–Trinajstić information content (AvgIpc) is 3.28. The predicted octanol–water partition coefficient (Wildman–Crippen LogP) is 4.72. The van der Waals surface area contributed by atoms with Crippen LogP contribution in [-0.4, -0.2) is 23.8 Å². The highest BCUT2D eigenvalue weighted by molar-refractivity contribution is 7.22. The summed E-state index contributed by atoms with van der Waals surface area (Å²) in [4.78, 5) is 5.28. The molecule has 4 aromatic rings. The van der Waals surface area contributed by atoms with Crippen molar-refractivity contribution in [2.75, 3.05) is 14.2 Å². The first-order chi connectivity index (χ1) is 13.2. The third-order valence-electron chi connectivity index (χ3n) is 4.38. The van der Waals surface area contributed by atoms with Crippen LogP contribution < -0.4 is 9.47 Å². The van der Waals surface area contributed by atoms with Gasteiger partial charge in [0, 0.05) is 17.1 Å². The summed E-state index contributed by atoms with van der Waals surface area (Å²) in [5.74, 6) is 8.28. The fraction of sp³-hybridized carbons (Fsp3) is 0.136. The highest BCUT2D eigenvalue weighted by atomic mass is 32.1. The average molecular weight is 374 g/mol.